The van der Waals surface area contributed by atoms with Crippen LogP contribution in [0.2, 0.25) is 0 Å². The maximum absolute atomic E-state index is 13.7. The van der Waals surface area contributed by atoms with E-state index in [4.69, 9.17) is 20.2 Å². The van der Waals surface area contributed by atoms with Crippen LogP contribution in [-0.2, 0) is 10.0 Å². The van der Waals surface area contributed by atoms with E-state index in [1.807, 2.05) is 30.3 Å². The zero-order valence-electron chi connectivity index (χ0n) is 22.3. The van der Waals surface area contributed by atoms with Gasteiger partial charge in [0.15, 0.2) is 5.13 Å². The summed E-state index contributed by atoms with van der Waals surface area (Å²) >= 11 is 1.39. The van der Waals surface area contributed by atoms with Gasteiger partial charge in [-0.3, -0.25) is 9.69 Å². The second-order valence-corrected chi connectivity index (χ2v) is 11.5. The Kier molecular flexibility index (Phi) is 10.8. The Bertz CT molecular complexity index is 1440. The van der Waals surface area contributed by atoms with Gasteiger partial charge in [-0.2, -0.15) is 14.8 Å². The average molecular weight is 569 g/mol. The van der Waals surface area contributed by atoms with Crippen molar-refractivity contribution >= 4 is 42.6 Å². The molecular formula is C27H32N6O4S2. The first-order chi connectivity index (χ1) is 18.8. The molecule has 0 saturated heterocycles. The van der Waals surface area contributed by atoms with Gasteiger partial charge in [0.25, 0.3) is 5.91 Å². The van der Waals surface area contributed by atoms with Gasteiger partial charge in [0, 0.05) is 44.6 Å². The highest BCUT2D eigenvalue weighted by molar-refractivity contribution is 7.89. The maximum atomic E-state index is 13.7. The number of likely N-dealkylation sites (N-methyl/N-ethyl adjacent to an activating group) is 1. The minimum Gasteiger partial charge on any atom is -0.497 e. The summed E-state index contributed by atoms with van der Waals surface area (Å²) in [6.45, 7) is 6.85. The molecule has 0 aliphatic heterocycles. The number of ether oxygens (including phenoxy) is 1. The fourth-order valence-corrected chi connectivity index (χ4v) is 6.44. The van der Waals surface area contributed by atoms with Gasteiger partial charge < -0.3 is 9.64 Å². The van der Waals surface area contributed by atoms with Crippen LogP contribution in [0.4, 0.5) is 5.13 Å². The highest BCUT2D eigenvalue weighted by Gasteiger charge is 2.26. The summed E-state index contributed by atoms with van der Waals surface area (Å²) < 4.78 is 33.7. The molecule has 0 fully saturated rings. The molecule has 0 unspecified atom stereocenters. The molecule has 1 heterocycles. The third-order valence-corrected chi connectivity index (χ3v) is 9.23. The number of nitriles is 2. The number of methoxy groups -OCH3 is 1. The van der Waals surface area contributed by atoms with Crippen LogP contribution in [0.1, 0.15) is 37.0 Å². The predicted molar refractivity (Wildman–Crippen MR) is 151 cm³/mol. The number of anilines is 1. The van der Waals surface area contributed by atoms with E-state index in [0.717, 1.165) is 27.6 Å². The van der Waals surface area contributed by atoms with Crippen LogP contribution in [0.3, 0.4) is 0 Å². The first-order valence-corrected chi connectivity index (χ1v) is 14.9. The van der Waals surface area contributed by atoms with E-state index < -0.39 is 10.0 Å². The summed E-state index contributed by atoms with van der Waals surface area (Å²) in [6.07, 6.45) is 0.0214. The van der Waals surface area contributed by atoms with Crippen LogP contribution in [0.5, 0.6) is 5.75 Å². The topological polar surface area (TPSA) is 131 Å². The Morgan fingerprint density at radius 3 is 2.18 bits per heavy atom. The molecule has 3 aromatic rings. The first-order valence-electron chi connectivity index (χ1n) is 12.6. The number of rotatable bonds is 14. The lowest BCUT2D eigenvalue weighted by atomic mass is 10.2. The molecule has 2 aromatic carbocycles. The monoisotopic (exact) mass is 568 g/mol. The van der Waals surface area contributed by atoms with Crippen LogP contribution in [0, 0.1) is 22.7 Å². The van der Waals surface area contributed by atoms with Gasteiger partial charge in [0.1, 0.15) is 5.75 Å². The molecule has 1 aromatic heterocycles. The maximum Gasteiger partial charge on any atom is 0.260 e. The molecule has 39 heavy (non-hydrogen) atoms. The van der Waals surface area contributed by atoms with Gasteiger partial charge in [0.05, 0.1) is 34.4 Å². The van der Waals surface area contributed by atoms with Crippen molar-refractivity contribution < 1.29 is 17.9 Å². The second-order valence-electron chi connectivity index (χ2n) is 8.56. The lowest BCUT2D eigenvalue weighted by Gasteiger charge is -2.25. The molecule has 0 saturated carbocycles. The number of carbonyl (C=O) groups is 1. The van der Waals surface area contributed by atoms with Gasteiger partial charge in [0.2, 0.25) is 10.0 Å². The fraction of sp³-hybridized carbons (Fsp3) is 0.407. The van der Waals surface area contributed by atoms with Crippen LogP contribution in [0.15, 0.2) is 47.4 Å². The van der Waals surface area contributed by atoms with Crippen LogP contribution < -0.4 is 9.64 Å². The van der Waals surface area contributed by atoms with E-state index in [2.05, 4.69) is 18.7 Å². The van der Waals surface area contributed by atoms with Crippen molar-refractivity contribution in [1.29, 1.82) is 10.5 Å². The number of aromatic nitrogens is 1. The molecule has 206 valence electrons. The number of benzene rings is 2. The molecule has 0 spiro atoms. The molecule has 0 aliphatic rings. The molecule has 12 heteroatoms. The van der Waals surface area contributed by atoms with Crippen LogP contribution >= 0.6 is 11.3 Å². The van der Waals surface area contributed by atoms with Crippen LogP contribution in [0.25, 0.3) is 10.2 Å². The number of amides is 1. The summed E-state index contributed by atoms with van der Waals surface area (Å²) in [6, 6.07) is 15.2. The van der Waals surface area contributed by atoms with Crippen molar-refractivity contribution in [1.82, 2.24) is 14.2 Å². The standard InChI is InChI=1S/C27H32N6O4S2/c1-4-31(5-2)18-19-33(27-30-24-13-10-22(37-3)20-25(24)38-27)26(34)21-8-11-23(12-9-21)39(35,36)32(16-6-14-28)17-7-15-29/h8-13,20H,4-7,16-19H2,1-3H3. The van der Waals surface area contributed by atoms with Crippen molar-refractivity contribution in [3.8, 4) is 17.9 Å². The summed E-state index contributed by atoms with van der Waals surface area (Å²) in [7, 11) is -2.34. The Morgan fingerprint density at radius 2 is 1.62 bits per heavy atom. The van der Waals surface area contributed by atoms with Gasteiger partial charge >= 0.3 is 0 Å². The summed E-state index contributed by atoms with van der Waals surface area (Å²) in [5.41, 5.74) is 1.08. The highest BCUT2D eigenvalue weighted by Crippen LogP contribution is 2.32. The molecule has 3 rings (SSSR count). The molecule has 10 nitrogen and oxygen atoms in total. The SMILES string of the molecule is CCN(CC)CCN(C(=O)c1ccc(S(=O)(=O)N(CCC#N)CCC#N)cc1)c1nc2ccc(OC)cc2s1. The van der Waals surface area contributed by atoms with Gasteiger partial charge in [-0.1, -0.05) is 25.2 Å². The molecule has 0 N–H and O–H groups in total. The van der Waals surface area contributed by atoms with E-state index >= 15 is 0 Å². The van der Waals surface area contributed by atoms with E-state index in [0.29, 0.717) is 29.5 Å². The van der Waals surface area contributed by atoms with Crippen molar-refractivity contribution in [3.05, 3.63) is 48.0 Å². The number of sulfonamides is 1. The number of carbonyl (C=O) groups excluding carboxylic acids is 1. The van der Waals surface area contributed by atoms with Crippen molar-refractivity contribution in [2.75, 3.05) is 51.3 Å². The molecular weight excluding hydrogens is 536 g/mol. The number of hydrogen-bond donors (Lipinski definition) is 0. The van der Waals surface area contributed by atoms with E-state index in [1.165, 1.54) is 35.6 Å². The quantitative estimate of drug-likeness (QED) is 0.284. The van der Waals surface area contributed by atoms with E-state index in [-0.39, 0.29) is 36.7 Å². The summed E-state index contributed by atoms with van der Waals surface area (Å²) in [5, 5.41) is 18.4. The zero-order chi connectivity index (χ0) is 28.4. The van der Waals surface area contributed by atoms with Gasteiger partial charge in [-0.15, -0.1) is 0 Å². The van der Waals surface area contributed by atoms with Crippen LogP contribution in [-0.4, -0.2) is 74.9 Å². The Hall–Kier alpha value is -3.55. The smallest absolute Gasteiger partial charge is 0.260 e. The Morgan fingerprint density at radius 1 is 0.974 bits per heavy atom. The largest absolute Gasteiger partial charge is 0.497 e. The van der Waals surface area contributed by atoms with Gasteiger partial charge in [-0.05, 0) is 55.6 Å². The minimum atomic E-state index is -3.94. The Balaban J connectivity index is 1.92. The number of hydrogen-bond acceptors (Lipinski definition) is 9. The first kappa shape index (κ1) is 30.0. The van der Waals surface area contributed by atoms with Crippen molar-refractivity contribution in [2.45, 2.75) is 31.6 Å². The lowest BCUT2D eigenvalue weighted by molar-refractivity contribution is 0.0983. The molecule has 0 atom stereocenters. The van der Waals surface area contributed by atoms with E-state index in [9.17, 15) is 13.2 Å². The second kappa shape index (κ2) is 14.0. The van der Waals surface area contributed by atoms with E-state index in [1.54, 1.807) is 12.0 Å². The molecule has 0 aliphatic carbocycles. The molecule has 0 radical (unpaired) electrons. The molecule has 1 amide bonds. The average Bonchev–Trinajstić information content (AvgIpc) is 3.38. The third kappa shape index (κ3) is 7.31. The predicted octanol–water partition coefficient (Wildman–Crippen LogP) is 4.11. The number of fused-ring (bicyclic) bond motifs is 1. The zero-order valence-corrected chi connectivity index (χ0v) is 24.0. The normalized spacial score (nSPS) is 11.5. The minimum absolute atomic E-state index is 0.00305. The van der Waals surface area contributed by atoms with Crippen molar-refractivity contribution in [2.24, 2.45) is 0 Å². The fourth-order valence-electron chi connectivity index (χ4n) is 3.98. The Labute approximate surface area is 233 Å². The van der Waals surface area contributed by atoms with Gasteiger partial charge in [-0.25, -0.2) is 13.4 Å². The number of thiazole rings is 1. The van der Waals surface area contributed by atoms with Crippen molar-refractivity contribution in [3.63, 3.8) is 0 Å². The highest BCUT2D eigenvalue weighted by atomic mass is 32.2. The number of nitrogens with zero attached hydrogens (tertiary/aromatic N) is 6. The molecule has 0 bridgehead atoms. The summed E-state index contributed by atoms with van der Waals surface area (Å²) in [4.78, 5) is 22.3. The lowest BCUT2D eigenvalue weighted by Crippen LogP contribution is -2.39. The summed E-state index contributed by atoms with van der Waals surface area (Å²) in [5.74, 6) is 0.414. The third-order valence-electron chi connectivity index (χ3n) is 6.28.